The van der Waals surface area contributed by atoms with Crippen LogP contribution < -0.4 is 0 Å². The zero-order valence-corrected chi connectivity index (χ0v) is 27.6. The normalized spacial score (nSPS) is 12.2. The highest BCUT2D eigenvalue weighted by molar-refractivity contribution is 5.69. The molecule has 1 atom stereocenters. The smallest absolute Gasteiger partial charge is 0.306 e. The average Bonchev–Trinajstić information content (AvgIpc) is 2.95. The summed E-state index contributed by atoms with van der Waals surface area (Å²) in [7, 11) is 0. The molecule has 0 saturated carbocycles. The minimum atomic E-state index is -0.694. The van der Waals surface area contributed by atoms with E-state index in [2.05, 4.69) is 26.0 Å². The maximum atomic E-state index is 12.5. The molecule has 41 heavy (non-hydrogen) atoms. The van der Waals surface area contributed by atoms with Gasteiger partial charge in [-0.05, 0) is 64.2 Å². The fraction of sp³-hybridized carbons (Fsp3) is 0.892. The molecule has 0 aromatic carbocycles. The van der Waals surface area contributed by atoms with Crippen molar-refractivity contribution in [2.75, 3.05) is 0 Å². The third kappa shape index (κ3) is 33.1. The molecule has 1 unspecified atom stereocenters. The van der Waals surface area contributed by atoms with Gasteiger partial charge in [0.05, 0.1) is 0 Å². The predicted molar refractivity (Wildman–Crippen MR) is 177 cm³/mol. The Labute approximate surface area is 255 Å². The van der Waals surface area contributed by atoms with E-state index in [0.717, 1.165) is 70.6 Å². The van der Waals surface area contributed by atoms with Gasteiger partial charge in [-0.25, -0.2) is 0 Å². The number of hydrogen-bond acceptors (Lipinski definition) is 3. The molecule has 0 rings (SSSR count). The maximum Gasteiger partial charge on any atom is 0.306 e. The van der Waals surface area contributed by atoms with E-state index >= 15 is 0 Å². The molecular formula is C37H70O4. The van der Waals surface area contributed by atoms with Gasteiger partial charge in [0.25, 0.3) is 0 Å². The van der Waals surface area contributed by atoms with Crippen molar-refractivity contribution in [3.8, 4) is 0 Å². The summed E-state index contributed by atoms with van der Waals surface area (Å²) in [5.74, 6) is -0.693. The van der Waals surface area contributed by atoms with Crippen molar-refractivity contribution >= 4 is 11.9 Å². The summed E-state index contributed by atoms with van der Waals surface area (Å²) in [6.07, 6.45) is 39.7. The van der Waals surface area contributed by atoms with E-state index in [1.807, 2.05) is 0 Å². The summed E-state index contributed by atoms with van der Waals surface area (Å²) >= 11 is 0. The van der Waals surface area contributed by atoms with Crippen molar-refractivity contribution in [3.05, 3.63) is 12.2 Å². The van der Waals surface area contributed by atoms with Crippen LogP contribution >= 0.6 is 0 Å². The van der Waals surface area contributed by atoms with E-state index in [0.29, 0.717) is 6.42 Å². The minimum absolute atomic E-state index is 0.00110. The number of esters is 1. The molecule has 0 spiro atoms. The molecule has 0 amide bonds. The van der Waals surface area contributed by atoms with Crippen LogP contribution in [0.5, 0.6) is 0 Å². The molecule has 1 N–H and O–H groups in total. The molecule has 0 bridgehead atoms. The highest BCUT2D eigenvalue weighted by atomic mass is 16.5. The predicted octanol–water partition coefficient (Wildman–Crippen LogP) is 12.3. The van der Waals surface area contributed by atoms with Gasteiger partial charge in [-0.3, -0.25) is 9.59 Å². The van der Waals surface area contributed by atoms with Crippen LogP contribution in [0.25, 0.3) is 0 Å². The summed E-state index contributed by atoms with van der Waals surface area (Å²) in [5, 5.41) is 8.71. The van der Waals surface area contributed by atoms with Crippen molar-refractivity contribution in [3.63, 3.8) is 0 Å². The zero-order valence-electron chi connectivity index (χ0n) is 27.6. The molecule has 4 heteroatoms. The SMILES string of the molecule is CCCCCCCC/C=C\CCCCCCCCCCCC(=O)OC(CCCCC)CCCCCCCCC(=O)O. The lowest BCUT2D eigenvalue weighted by Gasteiger charge is -2.18. The number of carboxylic acids is 1. The van der Waals surface area contributed by atoms with Gasteiger partial charge < -0.3 is 9.84 Å². The van der Waals surface area contributed by atoms with Gasteiger partial charge in [0.15, 0.2) is 0 Å². The average molecular weight is 579 g/mol. The Kier molecular flexibility index (Phi) is 32.1. The number of allylic oxidation sites excluding steroid dienone is 2. The lowest BCUT2D eigenvalue weighted by atomic mass is 10.0. The zero-order chi connectivity index (χ0) is 30.1. The highest BCUT2D eigenvalue weighted by Crippen LogP contribution is 2.18. The van der Waals surface area contributed by atoms with Crippen molar-refractivity contribution in [2.45, 2.75) is 213 Å². The Morgan fingerprint density at radius 3 is 1.37 bits per heavy atom. The standard InChI is InChI=1S/C37H70O4/c1-3-5-7-8-9-10-11-12-13-14-15-16-17-18-19-20-21-26-30-34-37(40)41-35(31-27-6-4-2)32-28-24-22-23-25-29-33-36(38)39/h12-13,35H,3-11,14-34H2,1-2H3,(H,38,39)/b13-12-. The van der Waals surface area contributed by atoms with Crippen LogP contribution in [0.2, 0.25) is 0 Å². The van der Waals surface area contributed by atoms with E-state index < -0.39 is 5.97 Å². The summed E-state index contributed by atoms with van der Waals surface area (Å²) in [5.41, 5.74) is 0. The monoisotopic (exact) mass is 579 g/mol. The number of unbranched alkanes of at least 4 members (excludes halogenated alkanes) is 22. The molecule has 0 saturated heterocycles. The summed E-state index contributed by atoms with van der Waals surface area (Å²) in [4.78, 5) is 23.0. The lowest BCUT2D eigenvalue weighted by Crippen LogP contribution is -2.18. The molecular weight excluding hydrogens is 508 g/mol. The molecule has 0 aromatic heterocycles. The number of hydrogen-bond donors (Lipinski definition) is 1. The van der Waals surface area contributed by atoms with Crippen LogP contribution in [0, 0.1) is 0 Å². The quantitative estimate of drug-likeness (QED) is 0.0478. The molecule has 0 aliphatic heterocycles. The largest absolute Gasteiger partial charge is 0.481 e. The Balaban J connectivity index is 3.66. The molecule has 0 fully saturated rings. The van der Waals surface area contributed by atoms with Crippen LogP contribution in [-0.4, -0.2) is 23.1 Å². The molecule has 0 aliphatic carbocycles. The first-order chi connectivity index (χ1) is 20.1. The fourth-order valence-corrected chi connectivity index (χ4v) is 5.53. The van der Waals surface area contributed by atoms with Gasteiger partial charge in [-0.1, -0.05) is 142 Å². The highest BCUT2D eigenvalue weighted by Gasteiger charge is 2.14. The summed E-state index contributed by atoms with van der Waals surface area (Å²) in [6.45, 7) is 4.49. The van der Waals surface area contributed by atoms with E-state index in [1.54, 1.807) is 0 Å². The first-order valence-corrected chi connectivity index (χ1v) is 18.2. The van der Waals surface area contributed by atoms with E-state index in [1.165, 1.54) is 109 Å². The topological polar surface area (TPSA) is 63.6 Å². The third-order valence-corrected chi connectivity index (χ3v) is 8.24. The van der Waals surface area contributed by atoms with Gasteiger partial charge in [-0.2, -0.15) is 0 Å². The van der Waals surface area contributed by atoms with E-state index in [4.69, 9.17) is 9.84 Å². The van der Waals surface area contributed by atoms with Crippen molar-refractivity contribution in [1.29, 1.82) is 0 Å². The Morgan fingerprint density at radius 1 is 0.512 bits per heavy atom. The molecule has 0 radical (unpaired) electrons. The van der Waals surface area contributed by atoms with Crippen molar-refractivity contribution < 1.29 is 19.4 Å². The Morgan fingerprint density at radius 2 is 0.878 bits per heavy atom. The van der Waals surface area contributed by atoms with Crippen molar-refractivity contribution in [1.82, 2.24) is 0 Å². The molecule has 0 aromatic rings. The van der Waals surface area contributed by atoms with E-state index in [-0.39, 0.29) is 18.5 Å². The fourth-order valence-electron chi connectivity index (χ4n) is 5.53. The first-order valence-electron chi connectivity index (χ1n) is 18.2. The molecule has 0 heterocycles. The van der Waals surface area contributed by atoms with Gasteiger partial charge in [0.1, 0.15) is 6.10 Å². The summed E-state index contributed by atoms with van der Waals surface area (Å²) < 4.78 is 5.90. The first kappa shape index (κ1) is 39.7. The van der Waals surface area contributed by atoms with Gasteiger partial charge >= 0.3 is 11.9 Å². The van der Waals surface area contributed by atoms with Crippen LogP contribution in [-0.2, 0) is 14.3 Å². The van der Waals surface area contributed by atoms with Gasteiger partial charge in [0.2, 0.25) is 0 Å². The lowest BCUT2D eigenvalue weighted by molar-refractivity contribution is -0.150. The van der Waals surface area contributed by atoms with Crippen LogP contribution in [0.1, 0.15) is 206 Å². The van der Waals surface area contributed by atoms with Gasteiger partial charge in [-0.15, -0.1) is 0 Å². The second-order valence-electron chi connectivity index (χ2n) is 12.4. The number of carboxylic acid groups (broad SMARTS) is 1. The van der Waals surface area contributed by atoms with E-state index in [9.17, 15) is 9.59 Å². The molecule has 242 valence electrons. The Bertz CT molecular complexity index is 585. The van der Waals surface area contributed by atoms with Crippen LogP contribution in [0.15, 0.2) is 12.2 Å². The Hall–Kier alpha value is -1.32. The third-order valence-electron chi connectivity index (χ3n) is 8.24. The number of aliphatic carboxylic acids is 1. The number of ether oxygens (including phenoxy) is 1. The molecule has 0 aliphatic rings. The number of carbonyl (C=O) groups excluding carboxylic acids is 1. The molecule has 4 nitrogen and oxygen atoms in total. The minimum Gasteiger partial charge on any atom is -0.481 e. The number of rotatable bonds is 33. The van der Waals surface area contributed by atoms with Gasteiger partial charge in [0, 0.05) is 12.8 Å². The van der Waals surface area contributed by atoms with Crippen LogP contribution in [0.3, 0.4) is 0 Å². The second kappa shape index (κ2) is 33.2. The van der Waals surface area contributed by atoms with Crippen LogP contribution in [0.4, 0.5) is 0 Å². The van der Waals surface area contributed by atoms with Crippen molar-refractivity contribution in [2.24, 2.45) is 0 Å². The summed E-state index contributed by atoms with van der Waals surface area (Å²) in [6, 6.07) is 0. The maximum absolute atomic E-state index is 12.5. The second-order valence-corrected chi connectivity index (χ2v) is 12.4. The number of carbonyl (C=O) groups is 2.